The Balaban J connectivity index is 2.14. The number of aliphatic hydroxyl groups is 1. The lowest BCUT2D eigenvalue weighted by Gasteiger charge is -2.37. The van der Waals surface area contributed by atoms with E-state index in [2.05, 4.69) is 4.98 Å². The maximum Gasteiger partial charge on any atom is 0.128 e. The quantitative estimate of drug-likeness (QED) is 0.708. The average Bonchev–Trinajstić information content (AvgIpc) is 2.13. The summed E-state index contributed by atoms with van der Waals surface area (Å²) >= 11 is 0. The highest BCUT2D eigenvalue weighted by molar-refractivity contribution is 5.44. The number of aliphatic hydroxyl groups excluding tert-OH is 1. The molecule has 0 unspecified atom stereocenters. The average molecular weight is 193 g/mol. The molecule has 0 aromatic carbocycles. The first-order chi connectivity index (χ1) is 6.66. The molecule has 0 spiro atoms. The Kier molecular flexibility index (Phi) is 2.39. The Hall–Kier alpha value is -1.13. The summed E-state index contributed by atoms with van der Waals surface area (Å²) in [4.78, 5) is 6.28. The van der Waals surface area contributed by atoms with Crippen molar-refractivity contribution in [2.75, 3.05) is 18.0 Å². The van der Waals surface area contributed by atoms with Crippen LogP contribution >= 0.6 is 0 Å². The summed E-state index contributed by atoms with van der Waals surface area (Å²) in [7, 11) is 0. The highest BCUT2D eigenvalue weighted by Gasteiger charge is 2.25. The number of aromatic nitrogens is 1. The Morgan fingerprint density at radius 1 is 1.64 bits per heavy atom. The summed E-state index contributed by atoms with van der Waals surface area (Å²) in [6, 6.07) is 3.93. The van der Waals surface area contributed by atoms with Crippen LogP contribution in [0.1, 0.15) is 18.5 Å². The molecule has 0 saturated carbocycles. The lowest BCUT2D eigenvalue weighted by molar-refractivity contribution is 0.141. The largest absolute Gasteiger partial charge is 0.389 e. The number of anilines is 1. The molecule has 4 nitrogen and oxygen atoms in total. The first kappa shape index (κ1) is 9.43. The van der Waals surface area contributed by atoms with Gasteiger partial charge >= 0.3 is 0 Å². The van der Waals surface area contributed by atoms with Gasteiger partial charge in [-0.3, -0.25) is 0 Å². The molecule has 1 aromatic rings. The van der Waals surface area contributed by atoms with Crippen molar-refractivity contribution in [1.82, 2.24) is 4.98 Å². The van der Waals surface area contributed by atoms with E-state index >= 15 is 0 Å². The van der Waals surface area contributed by atoms with Crippen LogP contribution < -0.4 is 10.6 Å². The van der Waals surface area contributed by atoms with Gasteiger partial charge in [-0.2, -0.15) is 0 Å². The summed E-state index contributed by atoms with van der Waals surface area (Å²) in [6.45, 7) is 3.30. The molecular weight excluding hydrogens is 178 g/mol. The molecule has 4 heteroatoms. The van der Waals surface area contributed by atoms with Crippen LogP contribution in [0.2, 0.25) is 0 Å². The third-order valence-electron chi connectivity index (χ3n) is 2.48. The molecule has 1 aliphatic rings. The van der Waals surface area contributed by atoms with Crippen molar-refractivity contribution in [3.05, 3.63) is 23.9 Å². The monoisotopic (exact) mass is 193 g/mol. The second-order valence-electron chi connectivity index (χ2n) is 3.79. The van der Waals surface area contributed by atoms with Gasteiger partial charge in [0.15, 0.2) is 0 Å². The van der Waals surface area contributed by atoms with Gasteiger partial charge in [-0.1, -0.05) is 0 Å². The van der Waals surface area contributed by atoms with E-state index in [-0.39, 0.29) is 12.1 Å². The highest BCUT2D eigenvalue weighted by atomic mass is 16.3. The molecule has 2 heterocycles. The number of hydrogen-bond acceptors (Lipinski definition) is 4. The molecule has 1 aromatic heterocycles. The minimum atomic E-state index is -0.198. The van der Waals surface area contributed by atoms with Crippen molar-refractivity contribution in [2.45, 2.75) is 19.1 Å². The van der Waals surface area contributed by atoms with E-state index in [1.165, 1.54) is 0 Å². The molecule has 3 N–H and O–H groups in total. The van der Waals surface area contributed by atoms with Gasteiger partial charge in [0, 0.05) is 25.3 Å². The summed E-state index contributed by atoms with van der Waals surface area (Å²) < 4.78 is 0. The molecule has 2 rings (SSSR count). The summed E-state index contributed by atoms with van der Waals surface area (Å²) in [5.74, 6) is 0.908. The molecule has 76 valence electrons. The van der Waals surface area contributed by atoms with Gasteiger partial charge in [0.1, 0.15) is 5.82 Å². The fraction of sp³-hybridized carbons (Fsp3) is 0.500. The van der Waals surface area contributed by atoms with E-state index in [0.29, 0.717) is 13.1 Å². The lowest BCUT2D eigenvalue weighted by Crippen LogP contribution is -2.51. The number of pyridine rings is 1. The van der Waals surface area contributed by atoms with Gasteiger partial charge < -0.3 is 15.7 Å². The van der Waals surface area contributed by atoms with Gasteiger partial charge in [0.05, 0.1) is 6.10 Å². The lowest BCUT2D eigenvalue weighted by atomic mass is 10.1. The van der Waals surface area contributed by atoms with Crippen molar-refractivity contribution in [3.8, 4) is 0 Å². The zero-order valence-electron chi connectivity index (χ0n) is 8.22. The van der Waals surface area contributed by atoms with Crippen LogP contribution in [0.15, 0.2) is 18.3 Å². The number of nitrogens with two attached hydrogens (primary N) is 1. The summed E-state index contributed by atoms with van der Waals surface area (Å²) in [6.07, 6.45) is 1.56. The first-order valence-corrected chi connectivity index (χ1v) is 4.81. The van der Waals surface area contributed by atoms with E-state index in [1.807, 2.05) is 24.0 Å². The smallest absolute Gasteiger partial charge is 0.128 e. The summed E-state index contributed by atoms with van der Waals surface area (Å²) in [5, 5.41) is 9.16. The molecule has 1 aliphatic heterocycles. The zero-order valence-corrected chi connectivity index (χ0v) is 8.22. The van der Waals surface area contributed by atoms with Crippen LogP contribution in [0.3, 0.4) is 0 Å². The topological polar surface area (TPSA) is 62.4 Å². The molecular formula is C10H15N3O. The van der Waals surface area contributed by atoms with Crippen LogP contribution in [0, 0.1) is 0 Å². The van der Waals surface area contributed by atoms with Gasteiger partial charge in [0.2, 0.25) is 0 Å². The van der Waals surface area contributed by atoms with E-state index in [4.69, 9.17) is 10.8 Å². The van der Waals surface area contributed by atoms with E-state index in [1.54, 1.807) is 6.20 Å². The number of rotatable bonds is 2. The standard InChI is InChI=1S/C10H15N3O/c1-7(11)8-2-3-12-10(4-8)13-5-9(14)6-13/h2-4,7,9,14H,5-6,11H2,1H3/t7-/m0/s1. The minimum absolute atomic E-state index is 0.0305. The predicted octanol–water partition coefficient (Wildman–Crippen LogP) is 0.282. The van der Waals surface area contributed by atoms with Crippen molar-refractivity contribution in [2.24, 2.45) is 5.73 Å². The van der Waals surface area contributed by atoms with E-state index < -0.39 is 0 Å². The Morgan fingerprint density at radius 2 is 2.36 bits per heavy atom. The number of hydrogen-bond donors (Lipinski definition) is 2. The van der Waals surface area contributed by atoms with Gasteiger partial charge in [-0.15, -0.1) is 0 Å². The maximum atomic E-state index is 9.16. The molecule has 1 atom stereocenters. The van der Waals surface area contributed by atoms with Crippen LogP contribution in [0.25, 0.3) is 0 Å². The first-order valence-electron chi connectivity index (χ1n) is 4.81. The highest BCUT2D eigenvalue weighted by Crippen LogP contribution is 2.21. The SMILES string of the molecule is C[C@H](N)c1ccnc(N2CC(O)C2)c1. The fourth-order valence-corrected chi connectivity index (χ4v) is 1.53. The summed E-state index contributed by atoms with van der Waals surface area (Å²) in [5.41, 5.74) is 6.85. The molecule has 0 radical (unpaired) electrons. The van der Waals surface area contributed by atoms with E-state index in [0.717, 1.165) is 11.4 Å². The molecule has 0 bridgehead atoms. The van der Waals surface area contributed by atoms with Gasteiger partial charge in [-0.05, 0) is 24.6 Å². The second-order valence-corrected chi connectivity index (χ2v) is 3.79. The van der Waals surface area contributed by atoms with Crippen LogP contribution in [-0.4, -0.2) is 29.3 Å². The molecule has 14 heavy (non-hydrogen) atoms. The molecule has 0 aliphatic carbocycles. The molecule has 0 amide bonds. The maximum absolute atomic E-state index is 9.16. The predicted molar refractivity (Wildman–Crippen MR) is 55.1 cm³/mol. The van der Waals surface area contributed by atoms with Gasteiger partial charge in [-0.25, -0.2) is 4.98 Å². The van der Waals surface area contributed by atoms with Gasteiger partial charge in [0.25, 0.3) is 0 Å². The van der Waals surface area contributed by atoms with Crippen LogP contribution in [0.4, 0.5) is 5.82 Å². The van der Waals surface area contributed by atoms with Crippen molar-refractivity contribution in [3.63, 3.8) is 0 Å². The van der Waals surface area contributed by atoms with Crippen molar-refractivity contribution < 1.29 is 5.11 Å². The third-order valence-corrected chi connectivity index (χ3v) is 2.48. The third kappa shape index (κ3) is 1.71. The van der Waals surface area contributed by atoms with Crippen LogP contribution in [0.5, 0.6) is 0 Å². The zero-order chi connectivity index (χ0) is 10.1. The Morgan fingerprint density at radius 3 is 2.93 bits per heavy atom. The van der Waals surface area contributed by atoms with Crippen LogP contribution in [-0.2, 0) is 0 Å². The minimum Gasteiger partial charge on any atom is -0.389 e. The normalized spacial score (nSPS) is 19.2. The van der Waals surface area contributed by atoms with Crippen molar-refractivity contribution in [1.29, 1.82) is 0 Å². The second kappa shape index (κ2) is 3.55. The Labute approximate surface area is 83.4 Å². The molecule has 1 fully saturated rings. The van der Waals surface area contributed by atoms with E-state index in [9.17, 15) is 0 Å². The number of nitrogens with zero attached hydrogens (tertiary/aromatic N) is 2. The number of β-amino-alcohol motifs (C(OH)–C–C–N with tert-alkyl or cyclic N) is 1. The molecule has 1 saturated heterocycles. The van der Waals surface area contributed by atoms with Crippen molar-refractivity contribution >= 4 is 5.82 Å². The fourth-order valence-electron chi connectivity index (χ4n) is 1.53. The Bertz CT molecular complexity index is 321.